The van der Waals surface area contributed by atoms with E-state index in [0.29, 0.717) is 22.0 Å². The number of anilines is 2. The largest absolute Gasteiger partial charge is 0.497 e. The lowest BCUT2D eigenvalue weighted by Gasteiger charge is -2.14. The zero-order valence-electron chi connectivity index (χ0n) is 18.5. The van der Waals surface area contributed by atoms with Gasteiger partial charge in [0.1, 0.15) is 16.4 Å². The number of methoxy groups -OCH3 is 2. The molecular weight excluding hydrogens is 460 g/mol. The molecule has 7 nitrogen and oxygen atoms in total. The van der Waals surface area contributed by atoms with Crippen LogP contribution in [0.15, 0.2) is 53.4 Å². The molecule has 0 atom stereocenters. The monoisotopic (exact) mass is 486 g/mol. The number of hydrogen-bond acceptors (Lipinski definition) is 6. The maximum absolute atomic E-state index is 13.1. The fourth-order valence-electron chi connectivity index (χ4n) is 3.81. The number of aryl methyl sites for hydroxylation is 2. The number of carbonyl (C=O) groups excluding carboxylic acids is 1. The van der Waals surface area contributed by atoms with Crippen LogP contribution in [0.2, 0.25) is 0 Å². The van der Waals surface area contributed by atoms with E-state index in [1.54, 1.807) is 30.3 Å². The van der Waals surface area contributed by atoms with Gasteiger partial charge in [-0.3, -0.25) is 9.52 Å². The number of thiophene rings is 1. The fraction of sp³-hybridized carbons (Fsp3) is 0.292. The molecule has 33 heavy (non-hydrogen) atoms. The van der Waals surface area contributed by atoms with Gasteiger partial charge in [-0.15, -0.1) is 11.3 Å². The SMILES string of the molecule is COc1ccc(NS(=O)(=O)c2cc(NC(=O)c3cc4c(s3)CCCCC4)ccc2OC)cc1. The minimum atomic E-state index is -3.97. The molecule has 2 N–H and O–H groups in total. The number of nitrogens with one attached hydrogen (secondary N) is 2. The summed E-state index contributed by atoms with van der Waals surface area (Å²) >= 11 is 1.52. The maximum Gasteiger partial charge on any atom is 0.265 e. The number of sulfonamides is 1. The van der Waals surface area contributed by atoms with E-state index in [9.17, 15) is 13.2 Å². The van der Waals surface area contributed by atoms with Crippen molar-refractivity contribution in [2.75, 3.05) is 24.3 Å². The van der Waals surface area contributed by atoms with Gasteiger partial charge in [-0.2, -0.15) is 0 Å². The van der Waals surface area contributed by atoms with E-state index >= 15 is 0 Å². The molecule has 1 aromatic heterocycles. The Kier molecular flexibility index (Phi) is 6.90. The summed E-state index contributed by atoms with van der Waals surface area (Å²) in [5.74, 6) is 0.549. The third-order valence-electron chi connectivity index (χ3n) is 5.52. The van der Waals surface area contributed by atoms with E-state index in [1.165, 1.54) is 54.6 Å². The third kappa shape index (κ3) is 5.31. The van der Waals surface area contributed by atoms with Crippen molar-refractivity contribution in [3.8, 4) is 11.5 Å². The molecule has 1 aliphatic carbocycles. The van der Waals surface area contributed by atoms with Gasteiger partial charge in [0.25, 0.3) is 15.9 Å². The average molecular weight is 487 g/mol. The summed E-state index contributed by atoms with van der Waals surface area (Å²) in [5.41, 5.74) is 2.01. The number of hydrogen-bond donors (Lipinski definition) is 2. The molecule has 0 radical (unpaired) electrons. The van der Waals surface area contributed by atoms with Crippen molar-refractivity contribution in [1.29, 1.82) is 0 Å². The van der Waals surface area contributed by atoms with Crippen molar-refractivity contribution in [3.05, 3.63) is 63.8 Å². The van der Waals surface area contributed by atoms with Crippen LogP contribution in [0.4, 0.5) is 11.4 Å². The highest BCUT2D eigenvalue weighted by atomic mass is 32.2. The van der Waals surface area contributed by atoms with E-state index in [2.05, 4.69) is 10.0 Å². The first-order chi connectivity index (χ1) is 15.9. The highest BCUT2D eigenvalue weighted by Crippen LogP contribution is 2.32. The van der Waals surface area contributed by atoms with Gasteiger partial charge in [-0.1, -0.05) is 6.42 Å². The lowest BCUT2D eigenvalue weighted by atomic mass is 10.1. The first-order valence-electron chi connectivity index (χ1n) is 10.7. The Morgan fingerprint density at radius 1 is 0.909 bits per heavy atom. The second kappa shape index (κ2) is 9.84. The molecule has 174 valence electrons. The number of rotatable bonds is 7. The lowest BCUT2D eigenvalue weighted by Crippen LogP contribution is -2.15. The summed E-state index contributed by atoms with van der Waals surface area (Å²) in [7, 11) is -1.03. The van der Waals surface area contributed by atoms with Crippen LogP contribution < -0.4 is 19.5 Å². The standard InChI is InChI=1S/C24H26N2O5S2/c1-30-19-11-8-17(9-12-19)26-33(28,29)23-15-18(10-13-20(23)31-2)25-24(27)22-14-16-6-4-3-5-7-21(16)32-22/h8-15,26H,3-7H2,1-2H3,(H,25,27). The molecule has 0 spiro atoms. The lowest BCUT2D eigenvalue weighted by molar-refractivity contribution is 0.103. The Bertz CT molecular complexity index is 1230. The number of benzene rings is 2. The Balaban J connectivity index is 1.56. The van der Waals surface area contributed by atoms with Gasteiger partial charge >= 0.3 is 0 Å². The van der Waals surface area contributed by atoms with Gasteiger partial charge in [0.2, 0.25) is 0 Å². The van der Waals surface area contributed by atoms with Crippen LogP contribution in [0.3, 0.4) is 0 Å². The van der Waals surface area contributed by atoms with E-state index in [-0.39, 0.29) is 16.6 Å². The number of carbonyl (C=O) groups is 1. The van der Waals surface area contributed by atoms with Crippen molar-refractivity contribution < 1.29 is 22.7 Å². The van der Waals surface area contributed by atoms with Gasteiger partial charge < -0.3 is 14.8 Å². The first kappa shape index (κ1) is 23.1. The highest BCUT2D eigenvalue weighted by Gasteiger charge is 2.22. The van der Waals surface area contributed by atoms with Crippen molar-refractivity contribution in [1.82, 2.24) is 0 Å². The smallest absolute Gasteiger partial charge is 0.265 e. The van der Waals surface area contributed by atoms with Gasteiger partial charge in [0.15, 0.2) is 0 Å². The minimum absolute atomic E-state index is 0.0689. The minimum Gasteiger partial charge on any atom is -0.497 e. The Hall–Kier alpha value is -3.04. The molecule has 0 saturated heterocycles. The molecule has 4 rings (SSSR count). The normalized spacial score (nSPS) is 13.5. The van der Waals surface area contributed by atoms with Crippen molar-refractivity contribution >= 4 is 38.6 Å². The molecule has 0 unspecified atom stereocenters. The van der Waals surface area contributed by atoms with Crippen molar-refractivity contribution in [2.24, 2.45) is 0 Å². The summed E-state index contributed by atoms with van der Waals surface area (Å²) in [6.07, 6.45) is 5.52. The first-order valence-corrected chi connectivity index (χ1v) is 13.0. The molecule has 0 fully saturated rings. The molecule has 9 heteroatoms. The van der Waals surface area contributed by atoms with Crippen LogP contribution >= 0.6 is 11.3 Å². The zero-order chi connectivity index (χ0) is 23.4. The van der Waals surface area contributed by atoms with Gasteiger partial charge in [0.05, 0.1) is 19.1 Å². The van der Waals surface area contributed by atoms with Crippen LogP contribution in [0.1, 0.15) is 39.4 Å². The summed E-state index contributed by atoms with van der Waals surface area (Å²) in [6.45, 7) is 0. The summed E-state index contributed by atoms with van der Waals surface area (Å²) in [5, 5.41) is 2.83. The van der Waals surface area contributed by atoms with Crippen molar-refractivity contribution in [2.45, 2.75) is 37.0 Å². The Morgan fingerprint density at radius 2 is 1.64 bits per heavy atom. The van der Waals surface area contributed by atoms with E-state index in [1.807, 2.05) is 6.07 Å². The Labute approximate surface area is 197 Å². The maximum atomic E-state index is 13.1. The number of amides is 1. The second-order valence-corrected chi connectivity index (χ2v) is 10.6. The van der Waals surface area contributed by atoms with Crippen LogP contribution in [0, 0.1) is 0 Å². The topological polar surface area (TPSA) is 93.7 Å². The van der Waals surface area contributed by atoms with Gasteiger partial charge in [-0.25, -0.2) is 8.42 Å². The van der Waals surface area contributed by atoms with Crippen LogP contribution in [0.25, 0.3) is 0 Å². The predicted molar refractivity (Wildman–Crippen MR) is 130 cm³/mol. The van der Waals surface area contributed by atoms with Crippen molar-refractivity contribution in [3.63, 3.8) is 0 Å². The third-order valence-corrected chi connectivity index (χ3v) is 8.16. The van der Waals surface area contributed by atoms with E-state index < -0.39 is 10.0 Å². The second-order valence-electron chi connectivity index (χ2n) is 7.77. The molecule has 1 aliphatic rings. The molecule has 2 aromatic carbocycles. The average Bonchev–Trinajstić information content (AvgIpc) is 3.10. The molecular formula is C24H26N2O5S2. The number of ether oxygens (including phenoxy) is 2. The van der Waals surface area contributed by atoms with E-state index in [4.69, 9.17) is 9.47 Å². The van der Waals surface area contributed by atoms with E-state index in [0.717, 1.165) is 25.7 Å². The number of fused-ring (bicyclic) bond motifs is 1. The summed E-state index contributed by atoms with van der Waals surface area (Å²) in [6, 6.07) is 13.1. The van der Waals surface area contributed by atoms with Crippen LogP contribution in [0.5, 0.6) is 11.5 Å². The predicted octanol–water partition coefficient (Wildman–Crippen LogP) is 5.09. The van der Waals surface area contributed by atoms with Gasteiger partial charge in [0, 0.05) is 16.3 Å². The molecule has 0 aliphatic heterocycles. The fourth-order valence-corrected chi connectivity index (χ4v) is 6.21. The van der Waals surface area contributed by atoms with Crippen LogP contribution in [-0.4, -0.2) is 28.5 Å². The quantitative estimate of drug-likeness (QED) is 0.454. The molecule has 1 heterocycles. The zero-order valence-corrected chi connectivity index (χ0v) is 20.1. The molecule has 0 saturated carbocycles. The summed E-state index contributed by atoms with van der Waals surface area (Å²) < 4.78 is 39.1. The molecule has 3 aromatic rings. The highest BCUT2D eigenvalue weighted by molar-refractivity contribution is 7.92. The summed E-state index contributed by atoms with van der Waals surface area (Å²) in [4.78, 5) is 14.7. The van der Waals surface area contributed by atoms with Gasteiger partial charge in [-0.05, 0) is 79.8 Å². The molecule has 0 bridgehead atoms. The van der Waals surface area contributed by atoms with Crippen LogP contribution in [-0.2, 0) is 22.9 Å². The molecule has 1 amide bonds. The Morgan fingerprint density at radius 3 is 2.36 bits per heavy atom.